The van der Waals surface area contributed by atoms with Crippen molar-refractivity contribution in [2.24, 2.45) is 0 Å². The van der Waals surface area contributed by atoms with Crippen LogP contribution in [0.15, 0.2) is 12.1 Å². The Morgan fingerprint density at radius 3 is 2.89 bits per heavy atom. The molecule has 1 fully saturated rings. The minimum Gasteiger partial charge on any atom is -0.378 e. The van der Waals surface area contributed by atoms with Crippen molar-refractivity contribution in [1.29, 1.82) is 0 Å². The second-order valence-corrected chi connectivity index (χ2v) is 4.92. The number of hydrogen-bond donors (Lipinski definition) is 2. The van der Waals surface area contributed by atoms with E-state index in [1.165, 1.54) is 0 Å². The first kappa shape index (κ1) is 14.1. The van der Waals surface area contributed by atoms with Gasteiger partial charge in [-0.2, -0.15) is 0 Å². The number of carbonyl (C=O) groups is 1. The van der Waals surface area contributed by atoms with Gasteiger partial charge >= 0.3 is 0 Å². The van der Waals surface area contributed by atoms with Gasteiger partial charge < -0.3 is 15.4 Å². The largest absolute Gasteiger partial charge is 0.378 e. The number of amides is 1. The minimum absolute atomic E-state index is 0.124. The zero-order valence-electron chi connectivity index (χ0n) is 11.1. The van der Waals surface area contributed by atoms with Gasteiger partial charge in [0.25, 0.3) is 5.91 Å². The Bertz CT molecular complexity index is 461. The van der Waals surface area contributed by atoms with E-state index in [4.69, 9.17) is 16.3 Å². The molecule has 1 aliphatic carbocycles. The molecule has 0 radical (unpaired) electrons. The predicted octanol–water partition coefficient (Wildman–Crippen LogP) is 2.07. The first-order valence-corrected chi connectivity index (χ1v) is 6.78. The SMILES string of the molecule is CCOC1CC(NC(=O)c2cc(Cl)nc(NC)c2)C1. The highest BCUT2D eigenvalue weighted by molar-refractivity contribution is 6.29. The molecule has 104 valence electrons. The summed E-state index contributed by atoms with van der Waals surface area (Å²) in [5, 5.41) is 6.14. The predicted molar refractivity (Wildman–Crippen MR) is 74.7 cm³/mol. The normalized spacial score (nSPS) is 21.6. The Morgan fingerprint density at radius 2 is 2.26 bits per heavy atom. The van der Waals surface area contributed by atoms with Crippen molar-refractivity contribution in [2.75, 3.05) is 19.0 Å². The molecule has 0 spiro atoms. The fraction of sp³-hybridized carbons (Fsp3) is 0.538. The van der Waals surface area contributed by atoms with Gasteiger partial charge in [-0.05, 0) is 31.9 Å². The maximum absolute atomic E-state index is 12.1. The van der Waals surface area contributed by atoms with E-state index in [-0.39, 0.29) is 18.1 Å². The van der Waals surface area contributed by atoms with E-state index in [2.05, 4.69) is 15.6 Å². The van der Waals surface area contributed by atoms with Crippen LogP contribution in [0.5, 0.6) is 0 Å². The Labute approximate surface area is 117 Å². The van der Waals surface area contributed by atoms with E-state index >= 15 is 0 Å². The van der Waals surface area contributed by atoms with Crippen LogP contribution in [0.3, 0.4) is 0 Å². The highest BCUT2D eigenvalue weighted by Gasteiger charge is 2.30. The Hall–Kier alpha value is -1.33. The van der Waals surface area contributed by atoms with Gasteiger partial charge in [-0.3, -0.25) is 4.79 Å². The number of nitrogens with zero attached hydrogens (tertiary/aromatic N) is 1. The summed E-state index contributed by atoms with van der Waals surface area (Å²) in [6.45, 7) is 2.70. The molecule has 0 saturated heterocycles. The molecule has 5 nitrogen and oxygen atoms in total. The number of hydrogen-bond acceptors (Lipinski definition) is 4. The second kappa shape index (κ2) is 6.21. The molecule has 0 unspecified atom stereocenters. The van der Waals surface area contributed by atoms with Crippen molar-refractivity contribution in [3.8, 4) is 0 Å². The summed E-state index contributed by atoms with van der Waals surface area (Å²) in [4.78, 5) is 16.1. The van der Waals surface area contributed by atoms with Crippen molar-refractivity contribution in [3.05, 3.63) is 22.8 Å². The Kier molecular flexibility index (Phi) is 4.61. The number of anilines is 1. The average Bonchev–Trinajstić information content (AvgIpc) is 2.35. The van der Waals surface area contributed by atoms with Gasteiger partial charge in [0.15, 0.2) is 0 Å². The molecule has 6 heteroatoms. The summed E-state index contributed by atoms with van der Waals surface area (Å²) < 4.78 is 5.46. The molecule has 2 N–H and O–H groups in total. The lowest BCUT2D eigenvalue weighted by Crippen LogP contribution is -2.47. The third-order valence-corrected chi connectivity index (χ3v) is 3.34. The van der Waals surface area contributed by atoms with Crippen molar-refractivity contribution >= 4 is 23.3 Å². The lowest BCUT2D eigenvalue weighted by molar-refractivity contribution is -0.00862. The summed E-state index contributed by atoms with van der Waals surface area (Å²) in [6.07, 6.45) is 2.03. The summed E-state index contributed by atoms with van der Waals surface area (Å²) in [5.74, 6) is 0.458. The third kappa shape index (κ3) is 3.58. The van der Waals surface area contributed by atoms with Crippen LogP contribution >= 0.6 is 11.6 Å². The summed E-state index contributed by atoms with van der Waals surface area (Å²) in [6, 6.07) is 3.44. The maximum Gasteiger partial charge on any atom is 0.251 e. The first-order valence-electron chi connectivity index (χ1n) is 6.40. The highest BCUT2D eigenvalue weighted by atomic mass is 35.5. The van der Waals surface area contributed by atoms with Gasteiger partial charge in [-0.1, -0.05) is 11.6 Å². The topological polar surface area (TPSA) is 63.2 Å². The lowest BCUT2D eigenvalue weighted by Gasteiger charge is -2.35. The molecule has 1 aromatic heterocycles. The van der Waals surface area contributed by atoms with Crippen LogP contribution in [0.4, 0.5) is 5.82 Å². The maximum atomic E-state index is 12.1. The molecule has 0 aliphatic heterocycles. The van der Waals surface area contributed by atoms with Crippen LogP contribution in [-0.2, 0) is 4.74 Å². The van der Waals surface area contributed by atoms with Crippen LogP contribution in [-0.4, -0.2) is 36.7 Å². The van der Waals surface area contributed by atoms with Gasteiger partial charge in [0.05, 0.1) is 6.10 Å². The van der Waals surface area contributed by atoms with Gasteiger partial charge in [0.1, 0.15) is 11.0 Å². The number of carbonyl (C=O) groups excluding carboxylic acids is 1. The van der Waals surface area contributed by atoms with Crippen molar-refractivity contribution < 1.29 is 9.53 Å². The van der Waals surface area contributed by atoms with Crippen LogP contribution in [0.25, 0.3) is 0 Å². The van der Waals surface area contributed by atoms with E-state index < -0.39 is 0 Å². The molecule has 1 aromatic rings. The van der Waals surface area contributed by atoms with Crippen LogP contribution < -0.4 is 10.6 Å². The molecule has 0 bridgehead atoms. The van der Waals surface area contributed by atoms with Crippen molar-refractivity contribution in [3.63, 3.8) is 0 Å². The van der Waals surface area contributed by atoms with E-state index in [1.807, 2.05) is 6.92 Å². The Morgan fingerprint density at radius 1 is 1.53 bits per heavy atom. The monoisotopic (exact) mass is 283 g/mol. The van der Waals surface area contributed by atoms with E-state index in [0.29, 0.717) is 16.5 Å². The standard InChI is InChI=1S/C13H18ClN3O2/c1-3-19-10-6-9(7-10)16-13(18)8-4-11(14)17-12(5-8)15-2/h4-5,9-10H,3,6-7H2,1-2H3,(H,15,17)(H,16,18). The molecule has 0 atom stereocenters. The molecule has 1 aliphatic rings. The highest BCUT2D eigenvalue weighted by Crippen LogP contribution is 2.24. The molecular weight excluding hydrogens is 266 g/mol. The number of ether oxygens (including phenoxy) is 1. The zero-order chi connectivity index (χ0) is 13.8. The minimum atomic E-state index is -0.124. The average molecular weight is 284 g/mol. The van der Waals surface area contributed by atoms with Crippen LogP contribution in [0.1, 0.15) is 30.1 Å². The van der Waals surface area contributed by atoms with Gasteiger partial charge in [-0.15, -0.1) is 0 Å². The van der Waals surface area contributed by atoms with Crippen LogP contribution in [0.2, 0.25) is 5.15 Å². The summed E-state index contributed by atoms with van der Waals surface area (Å²) in [5.41, 5.74) is 0.518. The number of pyridine rings is 1. The zero-order valence-corrected chi connectivity index (χ0v) is 11.8. The fourth-order valence-corrected chi connectivity index (χ4v) is 2.29. The molecule has 1 heterocycles. The second-order valence-electron chi connectivity index (χ2n) is 4.53. The fourth-order valence-electron chi connectivity index (χ4n) is 2.08. The van der Waals surface area contributed by atoms with Gasteiger partial charge in [0, 0.05) is 25.3 Å². The molecular formula is C13H18ClN3O2. The summed E-state index contributed by atoms with van der Waals surface area (Å²) in [7, 11) is 1.74. The number of aromatic nitrogens is 1. The van der Waals surface area contributed by atoms with E-state index in [9.17, 15) is 4.79 Å². The third-order valence-electron chi connectivity index (χ3n) is 3.14. The Balaban J connectivity index is 1.92. The van der Waals surface area contributed by atoms with Crippen molar-refractivity contribution in [1.82, 2.24) is 10.3 Å². The molecule has 19 heavy (non-hydrogen) atoms. The number of nitrogens with one attached hydrogen (secondary N) is 2. The number of rotatable bonds is 5. The first-order chi connectivity index (χ1) is 9.12. The van der Waals surface area contributed by atoms with E-state index in [1.54, 1.807) is 19.2 Å². The quantitative estimate of drug-likeness (QED) is 0.812. The van der Waals surface area contributed by atoms with Crippen molar-refractivity contribution in [2.45, 2.75) is 31.9 Å². The summed E-state index contributed by atoms with van der Waals surface area (Å²) >= 11 is 5.87. The smallest absolute Gasteiger partial charge is 0.251 e. The van der Waals surface area contributed by atoms with E-state index in [0.717, 1.165) is 19.4 Å². The van der Waals surface area contributed by atoms with Gasteiger partial charge in [-0.25, -0.2) is 4.98 Å². The lowest BCUT2D eigenvalue weighted by atomic mass is 9.89. The molecule has 1 amide bonds. The van der Waals surface area contributed by atoms with Crippen LogP contribution in [0, 0.1) is 0 Å². The molecule has 0 aromatic carbocycles. The van der Waals surface area contributed by atoms with Gasteiger partial charge in [0.2, 0.25) is 0 Å². The number of halogens is 1. The molecule has 1 saturated carbocycles. The molecule has 2 rings (SSSR count).